The molecule has 1 aliphatic rings. The number of carboxylic acid groups (broad SMARTS) is 1. The van der Waals surface area contributed by atoms with Crippen molar-refractivity contribution >= 4 is 23.8 Å². The van der Waals surface area contributed by atoms with Gasteiger partial charge in [-0.3, -0.25) is 14.5 Å². The Labute approximate surface area is 132 Å². The van der Waals surface area contributed by atoms with Crippen LogP contribution in [0.4, 0.5) is 4.79 Å². The van der Waals surface area contributed by atoms with E-state index < -0.39 is 23.9 Å². The molecule has 0 saturated carbocycles. The number of nitrogens with zero attached hydrogens (tertiary/aromatic N) is 2. The Morgan fingerprint density at radius 1 is 1.39 bits per heavy atom. The predicted octanol–water partition coefficient (Wildman–Crippen LogP) is 0.284. The predicted molar refractivity (Wildman–Crippen MR) is 79.6 cm³/mol. The minimum absolute atomic E-state index is 0.0314. The minimum Gasteiger partial charge on any atom is -0.480 e. The van der Waals surface area contributed by atoms with Crippen molar-refractivity contribution in [2.45, 2.75) is 19.5 Å². The molecule has 0 aliphatic carbocycles. The SMILES string of the molecule is CC(C(=O)O)N(C)C(=O)c1cccc(CN2C(=O)CNC2=O)c1. The summed E-state index contributed by atoms with van der Waals surface area (Å²) in [5, 5.41) is 11.4. The van der Waals surface area contributed by atoms with E-state index in [1.54, 1.807) is 24.3 Å². The highest BCUT2D eigenvalue weighted by atomic mass is 16.4. The van der Waals surface area contributed by atoms with Crippen molar-refractivity contribution in [1.82, 2.24) is 15.1 Å². The summed E-state index contributed by atoms with van der Waals surface area (Å²) in [4.78, 5) is 48.6. The first-order valence-corrected chi connectivity index (χ1v) is 6.98. The first-order chi connectivity index (χ1) is 10.8. The average Bonchev–Trinajstić information content (AvgIpc) is 2.84. The third kappa shape index (κ3) is 3.47. The summed E-state index contributed by atoms with van der Waals surface area (Å²) in [6.07, 6.45) is 0. The number of amides is 4. The van der Waals surface area contributed by atoms with Crippen molar-refractivity contribution < 1.29 is 24.3 Å². The van der Waals surface area contributed by atoms with Crippen molar-refractivity contribution in [1.29, 1.82) is 0 Å². The summed E-state index contributed by atoms with van der Waals surface area (Å²) >= 11 is 0. The molecule has 0 bridgehead atoms. The number of aliphatic carboxylic acids is 1. The molecule has 0 aromatic heterocycles. The van der Waals surface area contributed by atoms with Crippen LogP contribution in [0.2, 0.25) is 0 Å². The molecule has 1 aromatic rings. The number of imide groups is 1. The van der Waals surface area contributed by atoms with Gasteiger partial charge in [-0.1, -0.05) is 12.1 Å². The van der Waals surface area contributed by atoms with E-state index in [9.17, 15) is 19.2 Å². The summed E-state index contributed by atoms with van der Waals surface area (Å²) in [5.74, 6) is -1.88. The number of likely N-dealkylation sites (N-methyl/N-ethyl adjacent to an activating group) is 1. The fourth-order valence-electron chi connectivity index (χ4n) is 2.15. The highest BCUT2D eigenvalue weighted by Crippen LogP contribution is 2.13. The van der Waals surface area contributed by atoms with Crippen molar-refractivity contribution in [3.8, 4) is 0 Å². The van der Waals surface area contributed by atoms with Gasteiger partial charge >= 0.3 is 12.0 Å². The molecule has 1 heterocycles. The van der Waals surface area contributed by atoms with Crippen LogP contribution < -0.4 is 5.32 Å². The van der Waals surface area contributed by atoms with Crippen LogP contribution in [0, 0.1) is 0 Å². The first-order valence-electron chi connectivity index (χ1n) is 6.98. The molecule has 1 unspecified atom stereocenters. The fourth-order valence-corrected chi connectivity index (χ4v) is 2.15. The second kappa shape index (κ2) is 6.47. The third-order valence-electron chi connectivity index (χ3n) is 3.71. The van der Waals surface area contributed by atoms with Crippen LogP contribution in [0.3, 0.4) is 0 Å². The van der Waals surface area contributed by atoms with E-state index in [-0.39, 0.29) is 19.0 Å². The molecule has 8 nitrogen and oxygen atoms in total. The van der Waals surface area contributed by atoms with Gasteiger partial charge < -0.3 is 15.3 Å². The zero-order valence-electron chi connectivity index (χ0n) is 12.8. The summed E-state index contributed by atoms with van der Waals surface area (Å²) in [7, 11) is 1.41. The molecule has 1 fully saturated rings. The molecule has 1 atom stereocenters. The maximum atomic E-state index is 12.3. The lowest BCUT2D eigenvalue weighted by Crippen LogP contribution is -2.40. The fraction of sp³-hybridized carbons (Fsp3) is 0.333. The van der Waals surface area contributed by atoms with E-state index in [2.05, 4.69) is 5.32 Å². The molecule has 0 spiro atoms. The topological polar surface area (TPSA) is 107 Å². The number of rotatable bonds is 5. The lowest BCUT2D eigenvalue weighted by molar-refractivity contribution is -0.141. The van der Waals surface area contributed by atoms with Gasteiger partial charge in [0, 0.05) is 12.6 Å². The Morgan fingerprint density at radius 3 is 2.65 bits per heavy atom. The van der Waals surface area contributed by atoms with Crippen LogP contribution in [0.25, 0.3) is 0 Å². The molecule has 122 valence electrons. The number of carbonyl (C=O) groups is 4. The first kappa shape index (κ1) is 16.5. The van der Waals surface area contributed by atoms with Gasteiger partial charge in [-0.15, -0.1) is 0 Å². The molecule has 8 heteroatoms. The zero-order valence-corrected chi connectivity index (χ0v) is 12.8. The molecule has 2 N–H and O–H groups in total. The van der Waals surface area contributed by atoms with Crippen LogP contribution in [-0.2, 0) is 16.1 Å². The maximum absolute atomic E-state index is 12.3. The Morgan fingerprint density at radius 2 is 2.09 bits per heavy atom. The van der Waals surface area contributed by atoms with Gasteiger partial charge in [-0.25, -0.2) is 9.59 Å². The van der Waals surface area contributed by atoms with Gasteiger partial charge in [0.2, 0.25) is 5.91 Å². The summed E-state index contributed by atoms with van der Waals surface area (Å²) < 4.78 is 0. The largest absolute Gasteiger partial charge is 0.480 e. The lowest BCUT2D eigenvalue weighted by atomic mass is 10.1. The van der Waals surface area contributed by atoms with Gasteiger partial charge in [0.05, 0.1) is 13.1 Å². The standard InChI is InChI=1S/C15H17N3O5/c1-9(14(21)22)17(2)13(20)11-5-3-4-10(6-11)8-18-12(19)7-16-15(18)23/h3-6,9H,7-8H2,1-2H3,(H,16,23)(H,21,22). The van der Waals surface area contributed by atoms with Crippen LogP contribution >= 0.6 is 0 Å². The lowest BCUT2D eigenvalue weighted by Gasteiger charge is -2.22. The third-order valence-corrected chi connectivity index (χ3v) is 3.71. The van der Waals surface area contributed by atoms with Crippen molar-refractivity contribution in [3.05, 3.63) is 35.4 Å². The molecule has 0 radical (unpaired) electrons. The zero-order chi connectivity index (χ0) is 17.1. The quantitative estimate of drug-likeness (QED) is 0.758. The number of hydrogen-bond acceptors (Lipinski definition) is 4. The van der Waals surface area contributed by atoms with Crippen LogP contribution in [0.15, 0.2) is 24.3 Å². The smallest absolute Gasteiger partial charge is 0.326 e. The molecule has 1 aromatic carbocycles. The Bertz CT molecular complexity index is 657. The second-order valence-electron chi connectivity index (χ2n) is 5.27. The normalized spacial score (nSPS) is 15.3. The maximum Gasteiger partial charge on any atom is 0.326 e. The van der Waals surface area contributed by atoms with Gasteiger partial charge in [0.1, 0.15) is 6.04 Å². The molecule has 4 amide bonds. The van der Waals surface area contributed by atoms with Crippen molar-refractivity contribution in [2.24, 2.45) is 0 Å². The highest BCUT2D eigenvalue weighted by molar-refractivity contribution is 6.02. The van der Waals surface area contributed by atoms with Gasteiger partial charge in [-0.05, 0) is 24.6 Å². The van der Waals surface area contributed by atoms with E-state index >= 15 is 0 Å². The minimum atomic E-state index is -1.10. The Kier molecular flexibility index (Phi) is 4.63. The number of nitrogens with one attached hydrogen (secondary N) is 1. The summed E-state index contributed by atoms with van der Waals surface area (Å²) in [5.41, 5.74) is 0.905. The molecular formula is C15H17N3O5. The monoisotopic (exact) mass is 319 g/mol. The van der Waals surface area contributed by atoms with E-state index in [0.717, 1.165) is 9.80 Å². The van der Waals surface area contributed by atoms with E-state index in [4.69, 9.17) is 5.11 Å². The second-order valence-corrected chi connectivity index (χ2v) is 5.27. The van der Waals surface area contributed by atoms with Crippen LogP contribution in [0.5, 0.6) is 0 Å². The van der Waals surface area contributed by atoms with E-state index in [1.807, 2.05) is 0 Å². The van der Waals surface area contributed by atoms with Crippen molar-refractivity contribution in [3.63, 3.8) is 0 Å². The van der Waals surface area contributed by atoms with Crippen LogP contribution in [-0.4, -0.2) is 58.4 Å². The Hall–Kier alpha value is -2.90. The molecule has 2 rings (SSSR count). The van der Waals surface area contributed by atoms with E-state index in [0.29, 0.717) is 11.1 Å². The van der Waals surface area contributed by atoms with Gasteiger partial charge in [0.15, 0.2) is 0 Å². The summed E-state index contributed by atoms with van der Waals surface area (Å²) in [6.45, 7) is 1.44. The Balaban J connectivity index is 2.16. The van der Waals surface area contributed by atoms with Crippen molar-refractivity contribution in [2.75, 3.05) is 13.6 Å². The average molecular weight is 319 g/mol. The van der Waals surface area contributed by atoms with E-state index in [1.165, 1.54) is 14.0 Å². The summed E-state index contributed by atoms with van der Waals surface area (Å²) in [6, 6.07) is 4.99. The molecule has 1 saturated heterocycles. The number of hydrogen-bond donors (Lipinski definition) is 2. The molecule has 1 aliphatic heterocycles. The molecular weight excluding hydrogens is 302 g/mol. The number of carbonyl (C=O) groups excluding carboxylic acids is 3. The number of carboxylic acids is 1. The van der Waals surface area contributed by atoms with Gasteiger partial charge in [-0.2, -0.15) is 0 Å². The number of benzene rings is 1. The van der Waals surface area contributed by atoms with Gasteiger partial charge in [0.25, 0.3) is 5.91 Å². The highest BCUT2D eigenvalue weighted by Gasteiger charge is 2.28. The van der Waals surface area contributed by atoms with Crippen LogP contribution in [0.1, 0.15) is 22.8 Å². The molecule has 23 heavy (non-hydrogen) atoms. The number of urea groups is 1.